The number of amides is 1. The van der Waals surface area contributed by atoms with Crippen LogP contribution in [0.25, 0.3) is 0 Å². The van der Waals surface area contributed by atoms with E-state index in [0.717, 1.165) is 16.9 Å². The quantitative estimate of drug-likeness (QED) is 0.531. The number of ether oxygens (including phenoxy) is 1. The van der Waals surface area contributed by atoms with Crippen LogP contribution in [-0.4, -0.2) is 50.1 Å². The van der Waals surface area contributed by atoms with Crippen molar-refractivity contribution < 1.29 is 9.53 Å². The SMILES string of the molecule is Cc1cccc(OC(C)CNC(=NCC(=O)N(C)C)NC(C)c2ccccc2)c1. The molecular formula is C23H32N4O2. The van der Waals surface area contributed by atoms with Crippen LogP contribution in [0.2, 0.25) is 0 Å². The maximum atomic E-state index is 12.0. The van der Waals surface area contributed by atoms with Gasteiger partial charge in [-0.15, -0.1) is 0 Å². The molecule has 0 aliphatic heterocycles. The van der Waals surface area contributed by atoms with Crippen LogP contribution in [0.4, 0.5) is 0 Å². The van der Waals surface area contributed by atoms with Crippen molar-refractivity contribution in [1.29, 1.82) is 0 Å². The largest absolute Gasteiger partial charge is 0.489 e. The minimum Gasteiger partial charge on any atom is -0.489 e. The summed E-state index contributed by atoms with van der Waals surface area (Å²) in [6.07, 6.45) is -0.0691. The molecule has 2 unspecified atom stereocenters. The maximum absolute atomic E-state index is 12.0. The molecule has 2 N–H and O–H groups in total. The average Bonchev–Trinajstić information content (AvgIpc) is 2.70. The number of aliphatic imine (C=N–C) groups is 1. The lowest BCUT2D eigenvalue weighted by molar-refractivity contribution is -0.127. The van der Waals surface area contributed by atoms with E-state index in [1.165, 1.54) is 4.90 Å². The average molecular weight is 397 g/mol. The topological polar surface area (TPSA) is 66.0 Å². The lowest BCUT2D eigenvalue weighted by Gasteiger charge is -2.21. The summed E-state index contributed by atoms with van der Waals surface area (Å²) in [5.41, 5.74) is 2.30. The number of nitrogens with one attached hydrogen (secondary N) is 2. The molecule has 6 nitrogen and oxygen atoms in total. The van der Waals surface area contributed by atoms with Gasteiger partial charge in [-0.2, -0.15) is 0 Å². The smallest absolute Gasteiger partial charge is 0.243 e. The molecule has 2 aromatic rings. The first-order valence-corrected chi connectivity index (χ1v) is 9.88. The highest BCUT2D eigenvalue weighted by molar-refractivity contribution is 5.85. The summed E-state index contributed by atoms with van der Waals surface area (Å²) in [6.45, 7) is 6.73. The van der Waals surface area contributed by atoms with Gasteiger partial charge >= 0.3 is 0 Å². The Labute approximate surface area is 174 Å². The minimum atomic E-state index is -0.0691. The Kier molecular flexibility index (Phi) is 8.52. The van der Waals surface area contributed by atoms with E-state index in [4.69, 9.17) is 4.74 Å². The maximum Gasteiger partial charge on any atom is 0.243 e. The second kappa shape index (κ2) is 11.1. The van der Waals surface area contributed by atoms with Crippen molar-refractivity contribution >= 4 is 11.9 Å². The third kappa shape index (κ3) is 7.86. The van der Waals surface area contributed by atoms with Crippen molar-refractivity contribution in [2.45, 2.75) is 32.9 Å². The Bertz CT molecular complexity index is 806. The summed E-state index contributed by atoms with van der Waals surface area (Å²) in [4.78, 5) is 17.9. The number of benzene rings is 2. The lowest BCUT2D eigenvalue weighted by Crippen LogP contribution is -2.43. The molecule has 0 radical (unpaired) electrons. The van der Waals surface area contributed by atoms with Crippen LogP contribution in [0.1, 0.15) is 31.0 Å². The number of hydrogen-bond acceptors (Lipinski definition) is 3. The third-order valence-corrected chi connectivity index (χ3v) is 4.41. The van der Waals surface area contributed by atoms with Gasteiger partial charge in [0, 0.05) is 14.1 Å². The van der Waals surface area contributed by atoms with Crippen LogP contribution in [0, 0.1) is 6.92 Å². The van der Waals surface area contributed by atoms with Crippen LogP contribution in [-0.2, 0) is 4.79 Å². The number of rotatable bonds is 8. The van der Waals surface area contributed by atoms with E-state index in [1.54, 1.807) is 14.1 Å². The molecular weight excluding hydrogens is 364 g/mol. The number of nitrogens with zero attached hydrogens (tertiary/aromatic N) is 2. The van der Waals surface area contributed by atoms with Gasteiger partial charge in [0.2, 0.25) is 5.91 Å². The predicted octanol–water partition coefficient (Wildman–Crippen LogP) is 3.15. The Balaban J connectivity index is 2.00. The van der Waals surface area contributed by atoms with Crippen molar-refractivity contribution in [3.05, 3.63) is 65.7 Å². The summed E-state index contributed by atoms with van der Waals surface area (Å²) in [7, 11) is 3.45. The monoisotopic (exact) mass is 396 g/mol. The summed E-state index contributed by atoms with van der Waals surface area (Å²) in [5.74, 6) is 1.37. The highest BCUT2D eigenvalue weighted by Gasteiger charge is 2.11. The van der Waals surface area contributed by atoms with E-state index in [0.29, 0.717) is 12.5 Å². The number of guanidine groups is 1. The van der Waals surface area contributed by atoms with E-state index in [-0.39, 0.29) is 24.6 Å². The van der Waals surface area contributed by atoms with Gasteiger partial charge in [-0.05, 0) is 44.0 Å². The Morgan fingerprint density at radius 2 is 1.83 bits per heavy atom. The van der Waals surface area contributed by atoms with Gasteiger partial charge in [-0.1, -0.05) is 42.5 Å². The minimum absolute atomic E-state index is 0.0462. The fraction of sp³-hybridized carbons (Fsp3) is 0.391. The third-order valence-electron chi connectivity index (χ3n) is 4.41. The van der Waals surface area contributed by atoms with Gasteiger partial charge in [-0.25, -0.2) is 4.99 Å². The second-order valence-corrected chi connectivity index (χ2v) is 7.36. The van der Waals surface area contributed by atoms with E-state index < -0.39 is 0 Å². The zero-order valence-electron chi connectivity index (χ0n) is 18.0. The molecule has 2 atom stereocenters. The molecule has 1 amide bonds. The van der Waals surface area contributed by atoms with E-state index in [1.807, 2.05) is 56.3 Å². The van der Waals surface area contributed by atoms with Gasteiger partial charge in [0.05, 0.1) is 12.6 Å². The molecule has 0 bridgehead atoms. The number of hydrogen-bond donors (Lipinski definition) is 2. The lowest BCUT2D eigenvalue weighted by atomic mass is 10.1. The first-order chi connectivity index (χ1) is 13.8. The number of likely N-dealkylation sites (N-methyl/N-ethyl adjacent to an activating group) is 1. The van der Waals surface area contributed by atoms with Crippen LogP contribution < -0.4 is 15.4 Å². The van der Waals surface area contributed by atoms with E-state index in [2.05, 4.69) is 34.7 Å². The zero-order valence-corrected chi connectivity index (χ0v) is 18.0. The molecule has 0 heterocycles. The first-order valence-electron chi connectivity index (χ1n) is 9.88. The van der Waals surface area contributed by atoms with Crippen LogP contribution in [0.3, 0.4) is 0 Å². The standard InChI is InChI=1S/C23H32N4O2/c1-17-10-9-13-21(14-17)29-18(2)15-24-23(25-16-22(28)27(4)5)26-19(3)20-11-7-6-8-12-20/h6-14,18-19H,15-16H2,1-5H3,(H2,24,25,26). The second-order valence-electron chi connectivity index (χ2n) is 7.36. The van der Waals surface area contributed by atoms with Crippen molar-refractivity contribution in [2.75, 3.05) is 27.2 Å². The summed E-state index contributed by atoms with van der Waals surface area (Å²) in [5, 5.41) is 6.66. The van der Waals surface area contributed by atoms with Crippen molar-refractivity contribution in [1.82, 2.24) is 15.5 Å². The van der Waals surface area contributed by atoms with Crippen molar-refractivity contribution in [3.63, 3.8) is 0 Å². The highest BCUT2D eigenvalue weighted by atomic mass is 16.5. The zero-order chi connectivity index (χ0) is 21.2. The van der Waals surface area contributed by atoms with E-state index in [9.17, 15) is 4.79 Å². The molecule has 0 saturated carbocycles. The molecule has 0 fully saturated rings. The predicted molar refractivity (Wildman–Crippen MR) is 118 cm³/mol. The fourth-order valence-corrected chi connectivity index (χ4v) is 2.67. The Morgan fingerprint density at radius 3 is 2.48 bits per heavy atom. The molecule has 2 rings (SSSR count). The van der Waals surface area contributed by atoms with Gasteiger partial charge in [0.15, 0.2) is 5.96 Å². The first kappa shape index (κ1) is 22.3. The normalized spacial score (nSPS) is 13.3. The summed E-state index contributed by atoms with van der Waals surface area (Å²) < 4.78 is 5.98. The molecule has 156 valence electrons. The van der Waals surface area contributed by atoms with Crippen LogP contribution >= 0.6 is 0 Å². The highest BCUT2D eigenvalue weighted by Crippen LogP contribution is 2.14. The number of carbonyl (C=O) groups is 1. The van der Waals surface area contributed by atoms with E-state index >= 15 is 0 Å². The van der Waals surface area contributed by atoms with Gasteiger partial charge in [0.25, 0.3) is 0 Å². The van der Waals surface area contributed by atoms with Crippen LogP contribution in [0.5, 0.6) is 5.75 Å². The molecule has 0 aliphatic carbocycles. The van der Waals surface area contributed by atoms with Crippen molar-refractivity contribution in [2.24, 2.45) is 4.99 Å². The fourth-order valence-electron chi connectivity index (χ4n) is 2.67. The summed E-state index contributed by atoms with van der Waals surface area (Å²) >= 11 is 0. The van der Waals surface area contributed by atoms with Gasteiger partial charge < -0.3 is 20.3 Å². The number of aryl methyl sites for hydroxylation is 1. The molecule has 0 aliphatic rings. The number of carbonyl (C=O) groups excluding carboxylic acids is 1. The van der Waals surface area contributed by atoms with Crippen LogP contribution in [0.15, 0.2) is 59.6 Å². The molecule has 2 aromatic carbocycles. The van der Waals surface area contributed by atoms with Gasteiger partial charge in [-0.3, -0.25) is 4.79 Å². The molecule has 0 saturated heterocycles. The molecule has 0 spiro atoms. The molecule has 0 aromatic heterocycles. The Morgan fingerprint density at radius 1 is 1.10 bits per heavy atom. The molecule has 29 heavy (non-hydrogen) atoms. The Hall–Kier alpha value is -3.02. The summed E-state index contributed by atoms with van der Waals surface area (Å²) in [6, 6.07) is 18.1. The van der Waals surface area contributed by atoms with Gasteiger partial charge in [0.1, 0.15) is 18.4 Å². The van der Waals surface area contributed by atoms with Crippen molar-refractivity contribution in [3.8, 4) is 5.75 Å². The molecule has 6 heteroatoms.